The smallest absolute Gasteiger partial charge is 0.115 e. The summed E-state index contributed by atoms with van der Waals surface area (Å²) < 4.78 is 0. The van der Waals surface area contributed by atoms with Crippen molar-refractivity contribution in [2.24, 2.45) is 0 Å². The average Bonchev–Trinajstić information content (AvgIpc) is 2.39. The minimum atomic E-state index is 0.378. The molecule has 2 rings (SSSR count). The minimum Gasteiger partial charge on any atom is -0.508 e. The molecule has 0 aliphatic heterocycles. The Morgan fingerprint density at radius 3 is 3.22 bits per heavy atom. The van der Waals surface area contributed by atoms with Crippen LogP contribution in [0.25, 0.3) is 0 Å². The fraction of sp³-hybridized carbons (Fsp3) is 0.467. The van der Waals surface area contributed by atoms with Crippen LogP contribution >= 0.6 is 11.8 Å². The van der Waals surface area contributed by atoms with Crippen LogP contribution < -0.4 is 5.32 Å². The van der Waals surface area contributed by atoms with Gasteiger partial charge in [-0.2, -0.15) is 11.8 Å². The van der Waals surface area contributed by atoms with E-state index >= 15 is 0 Å². The van der Waals surface area contributed by atoms with Gasteiger partial charge in [0, 0.05) is 24.1 Å². The van der Waals surface area contributed by atoms with Gasteiger partial charge in [-0.3, -0.25) is 0 Å². The highest BCUT2D eigenvalue weighted by atomic mass is 32.2. The zero-order valence-corrected chi connectivity index (χ0v) is 11.5. The van der Waals surface area contributed by atoms with Crippen LogP contribution in [0.1, 0.15) is 30.0 Å². The van der Waals surface area contributed by atoms with Crippen molar-refractivity contribution in [2.45, 2.75) is 25.3 Å². The predicted octanol–water partition coefficient (Wildman–Crippen LogP) is 3.28. The van der Waals surface area contributed by atoms with Crippen LogP contribution in [-0.4, -0.2) is 23.2 Å². The van der Waals surface area contributed by atoms with Crippen LogP contribution in [0.2, 0.25) is 0 Å². The van der Waals surface area contributed by atoms with Crippen molar-refractivity contribution in [3.63, 3.8) is 0 Å². The number of aromatic hydroxyl groups is 1. The van der Waals surface area contributed by atoms with Gasteiger partial charge in [-0.15, -0.1) is 6.58 Å². The molecule has 0 bridgehead atoms. The lowest BCUT2D eigenvalue weighted by Gasteiger charge is -2.26. The summed E-state index contributed by atoms with van der Waals surface area (Å²) in [6, 6.07) is 6.18. The summed E-state index contributed by atoms with van der Waals surface area (Å²) in [5, 5.41) is 13.2. The number of benzene rings is 1. The lowest BCUT2D eigenvalue weighted by molar-refractivity contribution is 0.454. The molecular weight excluding hydrogens is 242 g/mol. The van der Waals surface area contributed by atoms with E-state index in [1.54, 1.807) is 6.07 Å². The molecule has 1 aromatic rings. The Kier molecular flexibility index (Phi) is 5.14. The number of aryl methyl sites for hydroxylation is 1. The van der Waals surface area contributed by atoms with E-state index in [4.69, 9.17) is 0 Å². The van der Waals surface area contributed by atoms with Gasteiger partial charge in [0.2, 0.25) is 0 Å². The zero-order valence-electron chi connectivity index (χ0n) is 10.7. The highest BCUT2D eigenvalue weighted by molar-refractivity contribution is 7.99. The molecular formula is C15H21NOS. The number of rotatable bonds is 6. The van der Waals surface area contributed by atoms with Crippen LogP contribution in [0.3, 0.4) is 0 Å². The van der Waals surface area contributed by atoms with Crippen molar-refractivity contribution in [2.75, 3.05) is 18.1 Å². The third-order valence-electron chi connectivity index (χ3n) is 3.32. The Morgan fingerprint density at radius 1 is 1.50 bits per heavy atom. The maximum Gasteiger partial charge on any atom is 0.115 e. The molecule has 1 aliphatic rings. The van der Waals surface area contributed by atoms with Crippen LogP contribution in [0.15, 0.2) is 30.9 Å². The molecule has 0 saturated carbocycles. The van der Waals surface area contributed by atoms with Crippen LogP contribution in [0.4, 0.5) is 0 Å². The molecule has 1 aliphatic carbocycles. The maximum atomic E-state index is 9.60. The molecule has 3 heteroatoms. The summed E-state index contributed by atoms with van der Waals surface area (Å²) in [7, 11) is 0. The number of thioether (sulfide) groups is 1. The van der Waals surface area contributed by atoms with E-state index in [0.717, 1.165) is 24.5 Å². The van der Waals surface area contributed by atoms with Gasteiger partial charge in [0.15, 0.2) is 0 Å². The molecule has 0 fully saturated rings. The van der Waals surface area contributed by atoms with Gasteiger partial charge >= 0.3 is 0 Å². The van der Waals surface area contributed by atoms with Gasteiger partial charge in [0.05, 0.1) is 0 Å². The molecule has 0 aromatic heterocycles. The lowest BCUT2D eigenvalue weighted by Crippen LogP contribution is -2.27. The first-order valence-corrected chi connectivity index (χ1v) is 7.70. The van der Waals surface area contributed by atoms with E-state index in [9.17, 15) is 5.11 Å². The number of phenolic OH excluding ortho intramolecular Hbond substituents is 1. The largest absolute Gasteiger partial charge is 0.508 e. The molecule has 2 N–H and O–H groups in total. The predicted molar refractivity (Wildman–Crippen MR) is 79.3 cm³/mol. The Morgan fingerprint density at radius 2 is 2.39 bits per heavy atom. The molecule has 2 nitrogen and oxygen atoms in total. The molecule has 0 saturated heterocycles. The van der Waals surface area contributed by atoms with E-state index in [-0.39, 0.29) is 0 Å². The summed E-state index contributed by atoms with van der Waals surface area (Å²) in [6.07, 6.45) is 5.48. The summed E-state index contributed by atoms with van der Waals surface area (Å²) in [6.45, 7) is 4.73. The fourth-order valence-corrected chi connectivity index (χ4v) is 3.07. The summed E-state index contributed by atoms with van der Waals surface area (Å²) in [5.41, 5.74) is 2.67. The Balaban J connectivity index is 1.91. The molecule has 1 aromatic carbocycles. The lowest BCUT2D eigenvalue weighted by atomic mass is 9.87. The standard InChI is InChI=1S/C15H21NOS/c1-2-9-18-10-8-16-15-5-3-4-12-6-7-13(17)11-14(12)15/h2,6-7,11,15-17H,1,3-5,8-10H2. The summed E-state index contributed by atoms with van der Waals surface area (Å²) in [4.78, 5) is 0. The van der Waals surface area contributed by atoms with Gasteiger partial charge < -0.3 is 10.4 Å². The van der Waals surface area contributed by atoms with Crippen molar-refractivity contribution in [1.82, 2.24) is 5.32 Å². The quantitative estimate of drug-likeness (QED) is 0.610. The minimum absolute atomic E-state index is 0.378. The van der Waals surface area contributed by atoms with Crippen molar-refractivity contribution in [1.29, 1.82) is 0 Å². The van der Waals surface area contributed by atoms with Crippen molar-refractivity contribution >= 4 is 11.8 Å². The van der Waals surface area contributed by atoms with E-state index in [1.165, 1.54) is 24.0 Å². The van der Waals surface area contributed by atoms with Gasteiger partial charge in [-0.25, -0.2) is 0 Å². The van der Waals surface area contributed by atoms with Gasteiger partial charge in [0.1, 0.15) is 5.75 Å². The molecule has 1 unspecified atom stereocenters. The van der Waals surface area contributed by atoms with Crippen molar-refractivity contribution < 1.29 is 5.11 Å². The number of fused-ring (bicyclic) bond motifs is 1. The summed E-state index contributed by atoms with van der Waals surface area (Å²) >= 11 is 1.90. The third kappa shape index (κ3) is 3.53. The van der Waals surface area contributed by atoms with E-state index in [1.807, 2.05) is 23.9 Å². The van der Waals surface area contributed by atoms with Crippen LogP contribution in [0.5, 0.6) is 5.75 Å². The molecule has 18 heavy (non-hydrogen) atoms. The molecule has 0 spiro atoms. The third-order valence-corrected chi connectivity index (χ3v) is 4.28. The number of hydrogen-bond acceptors (Lipinski definition) is 3. The Hall–Kier alpha value is -0.930. The van der Waals surface area contributed by atoms with Gasteiger partial charge in [-0.1, -0.05) is 12.1 Å². The molecule has 0 heterocycles. The first-order chi connectivity index (χ1) is 8.81. The monoisotopic (exact) mass is 263 g/mol. The first kappa shape index (κ1) is 13.5. The second-order valence-corrected chi connectivity index (χ2v) is 5.80. The zero-order chi connectivity index (χ0) is 12.8. The molecule has 0 radical (unpaired) electrons. The Labute approximate surface area is 113 Å². The topological polar surface area (TPSA) is 32.3 Å². The first-order valence-electron chi connectivity index (χ1n) is 6.55. The molecule has 0 amide bonds. The van der Waals surface area contributed by atoms with Crippen molar-refractivity contribution in [3.8, 4) is 5.75 Å². The average molecular weight is 263 g/mol. The van der Waals surface area contributed by atoms with Crippen LogP contribution in [-0.2, 0) is 6.42 Å². The number of hydrogen-bond donors (Lipinski definition) is 2. The molecule has 98 valence electrons. The van der Waals surface area contributed by atoms with E-state index in [0.29, 0.717) is 11.8 Å². The number of nitrogens with one attached hydrogen (secondary N) is 1. The SMILES string of the molecule is C=CCSCCNC1CCCc2ccc(O)cc21. The van der Waals surface area contributed by atoms with Gasteiger partial charge in [0.25, 0.3) is 0 Å². The van der Waals surface area contributed by atoms with E-state index in [2.05, 4.69) is 18.0 Å². The van der Waals surface area contributed by atoms with E-state index < -0.39 is 0 Å². The Bertz CT molecular complexity index is 405. The highest BCUT2D eigenvalue weighted by Gasteiger charge is 2.19. The number of phenols is 1. The fourth-order valence-electron chi connectivity index (χ4n) is 2.47. The van der Waals surface area contributed by atoms with Crippen molar-refractivity contribution in [3.05, 3.63) is 42.0 Å². The maximum absolute atomic E-state index is 9.60. The highest BCUT2D eigenvalue weighted by Crippen LogP contribution is 2.31. The summed E-state index contributed by atoms with van der Waals surface area (Å²) in [5.74, 6) is 2.50. The second kappa shape index (κ2) is 6.86. The normalized spacial score (nSPS) is 18.3. The van der Waals surface area contributed by atoms with Crippen LogP contribution in [0, 0.1) is 0 Å². The van der Waals surface area contributed by atoms with Gasteiger partial charge in [-0.05, 0) is 42.5 Å². The second-order valence-electron chi connectivity index (χ2n) is 4.65. The molecule has 1 atom stereocenters.